The minimum Gasteiger partial charge on any atom is -0.336 e. The van der Waals surface area contributed by atoms with Crippen molar-refractivity contribution in [3.63, 3.8) is 0 Å². The number of para-hydroxylation sites is 2. The molecular weight excluding hydrogens is 340 g/mol. The third-order valence-corrected chi connectivity index (χ3v) is 4.12. The third-order valence-electron chi connectivity index (χ3n) is 4.12. The first-order valence-corrected chi connectivity index (χ1v) is 8.53. The lowest BCUT2D eigenvalue weighted by atomic mass is 10.3. The van der Waals surface area contributed by atoms with Crippen molar-refractivity contribution in [1.29, 1.82) is 0 Å². The highest BCUT2D eigenvalue weighted by Crippen LogP contribution is 2.11. The molecule has 0 spiro atoms. The number of rotatable bonds is 5. The molecule has 0 aliphatic carbocycles. The van der Waals surface area contributed by atoms with Crippen LogP contribution in [0.15, 0.2) is 79.3 Å². The summed E-state index contributed by atoms with van der Waals surface area (Å²) in [5.74, 6) is -0.190. The smallest absolute Gasteiger partial charge is 0.276 e. The minimum atomic E-state index is -0.190. The third kappa shape index (κ3) is 3.62. The van der Waals surface area contributed by atoms with Crippen LogP contribution in [-0.4, -0.2) is 42.6 Å². The van der Waals surface area contributed by atoms with Gasteiger partial charge in [-0.25, -0.2) is 4.68 Å². The molecule has 0 atom stereocenters. The average Bonchev–Trinajstić information content (AvgIpc) is 3.39. The summed E-state index contributed by atoms with van der Waals surface area (Å²) in [5, 5.41) is 12.8. The number of carbonyl (C=O) groups excluding carboxylic acids is 1. The molecule has 134 valence electrons. The largest absolute Gasteiger partial charge is 0.336 e. The van der Waals surface area contributed by atoms with Crippen LogP contribution in [0.3, 0.4) is 0 Å². The molecule has 2 heterocycles. The summed E-state index contributed by atoms with van der Waals surface area (Å²) in [6.45, 7) is 0.434. The molecule has 0 bridgehead atoms. The summed E-state index contributed by atoms with van der Waals surface area (Å²) in [6, 6.07) is 19.3. The van der Waals surface area contributed by atoms with E-state index in [9.17, 15) is 4.79 Å². The van der Waals surface area contributed by atoms with Crippen LogP contribution in [0.4, 0.5) is 0 Å². The number of hydrogen-bond donors (Lipinski definition) is 0. The van der Waals surface area contributed by atoms with Crippen molar-refractivity contribution in [2.75, 3.05) is 7.05 Å². The van der Waals surface area contributed by atoms with Gasteiger partial charge >= 0.3 is 0 Å². The van der Waals surface area contributed by atoms with Gasteiger partial charge in [0, 0.05) is 25.4 Å². The topological polar surface area (TPSA) is 68.8 Å². The lowest BCUT2D eigenvalue weighted by molar-refractivity contribution is 0.0779. The molecule has 4 rings (SSSR count). The Morgan fingerprint density at radius 2 is 1.59 bits per heavy atom. The van der Waals surface area contributed by atoms with E-state index in [4.69, 9.17) is 0 Å². The second-order valence-electron chi connectivity index (χ2n) is 6.14. The highest BCUT2D eigenvalue weighted by atomic mass is 16.2. The first-order valence-electron chi connectivity index (χ1n) is 8.53. The van der Waals surface area contributed by atoms with Gasteiger partial charge in [0.15, 0.2) is 5.69 Å². The molecule has 7 heteroatoms. The summed E-state index contributed by atoms with van der Waals surface area (Å²) in [4.78, 5) is 15.7. The zero-order valence-electron chi connectivity index (χ0n) is 14.8. The Kier molecular flexibility index (Phi) is 4.49. The molecule has 0 unspecified atom stereocenters. The van der Waals surface area contributed by atoms with E-state index in [0.717, 1.165) is 16.9 Å². The van der Waals surface area contributed by atoms with Crippen molar-refractivity contribution in [3.8, 4) is 11.4 Å². The Morgan fingerprint density at radius 3 is 2.30 bits per heavy atom. The van der Waals surface area contributed by atoms with E-state index in [0.29, 0.717) is 12.2 Å². The predicted molar refractivity (Wildman–Crippen MR) is 101 cm³/mol. The van der Waals surface area contributed by atoms with Gasteiger partial charge in [-0.3, -0.25) is 4.79 Å². The van der Waals surface area contributed by atoms with Crippen molar-refractivity contribution in [2.45, 2.75) is 6.54 Å². The van der Waals surface area contributed by atoms with Gasteiger partial charge in [-0.15, -0.1) is 5.10 Å². The number of aromatic nitrogens is 5. The van der Waals surface area contributed by atoms with Gasteiger partial charge in [0.1, 0.15) is 0 Å². The van der Waals surface area contributed by atoms with E-state index in [1.54, 1.807) is 22.8 Å². The summed E-state index contributed by atoms with van der Waals surface area (Å²) in [5.41, 5.74) is 3.02. The van der Waals surface area contributed by atoms with E-state index < -0.39 is 0 Å². The number of carbonyl (C=O) groups is 1. The number of nitrogens with zero attached hydrogens (tertiary/aromatic N) is 6. The van der Waals surface area contributed by atoms with Crippen LogP contribution in [0.1, 0.15) is 16.1 Å². The average molecular weight is 358 g/mol. The lowest BCUT2D eigenvalue weighted by Crippen LogP contribution is -2.26. The summed E-state index contributed by atoms with van der Waals surface area (Å²) in [6.07, 6.45) is 5.16. The predicted octanol–water partition coefficient (Wildman–Crippen LogP) is 2.73. The quantitative estimate of drug-likeness (QED) is 0.550. The highest BCUT2D eigenvalue weighted by Gasteiger charge is 2.17. The van der Waals surface area contributed by atoms with Crippen molar-refractivity contribution in [2.24, 2.45) is 0 Å². The van der Waals surface area contributed by atoms with Gasteiger partial charge in [0.2, 0.25) is 0 Å². The normalized spacial score (nSPS) is 10.7. The van der Waals surface area contributed by atoms with Gasteiger partial charge < -0.3 is 4.90 Å². The van der Waals surface area contributed by atoms with Crippen LogP contribution in [0, 0.1) is 0 Å². The molecular formula is C20H18N6O. The molecule has 7 nitrogen and oxygen atoms in total. The van der Waals surface area contributed by atoms with Crippen LogP contribution in [-0.2, 0) is 6.54 Å². The number of amides is 1. The number of benzene rings is 2. The van der Waals surface area contributed by atoms with Gasteiger partial charge in [0.05, 0.1) is 23.8 Å². The Balaban J connectivity index is 1.46. The summed E-state index contributed by atoms with van der Waals surface area (Å²) in [7, 11) is 1.74. The van der Waals surface area contributed by atoms with Crippen molar-refractivity contribution < 1.29 is 4.79 Å². The van der Waals surface area contributed by atoms with Crippen LogP contribution < -0.4 is 0 Å². The van der Waals surface area contributed by atoms with Crippen molar-refractivity contribution >= 4 is 5.91 Å². The first-order chi connectivity index (χ1) is 13.2. The van der Waals surface area contributed by atoms with Crippen LogP contribution in [0.25, 0.3) is 11.4 Å². The minimum absolute atomic E-state index is 0.190. The molecule has 0 saturated heterocycles. The van der Waals surface area contributed by atoms with E-state index in [1.165, 1.54) is 11.0 Å². The fraction of sp³-hybridized carbons (Fsp3) is 0.100. The summed E-state index contributed by atoms with van der Waals surface area (Å²) < 4.78 is 1.79. The van der Waals surface area contributed by atoms with Gasteiger partial charge in [-0.05, 0) is 24.3 Å². The monoisotopic (exact) mass is 358 g/mol. The highest BCUT2D eigenvalue weighted by molar-refractivity contribution is 5.91. The van der Waals surface area contributed by atoms with E-state index in [1.807, 2.05) is 66.9 Å². The Hall–Kier alpha value is -3.74. The maximum atomic E-state index is 12.7. The van der Waals surface area contributed by atoms with E-state index in [2.05, 4.69) is 15.3 Å². The zero-order chi connectivity index (χ0) is 18.6. The van der Waals surface area contributed by atoms with Gasteiger partial charge in [0.25, 0.3) is 5.91 Å². The second-order valence-corrected chi connectivity index (χ2v) is 6.14. The molecule has 4 aromatic rings. The van der Waals surface area contributed by atoms with Crippen LogP contribution in [0.2, 0.25) is 0 Å². The maximum Gasteiger partial charge on any atom is 0.276 e. The Morgan fingerprint density at radius 1 is 0.926 bits per heavy atom. The fourth-order valence-electron chi connectivity index (χ4n) is 2.75. The van der Waals surface area contributed by atoms with E-state index >= 15 is 0 Å². The molecule has 27 heavy (non-hydrogen) atoms. The molecule has 2 aromatic carbocycles. The zero-order valence-corrected chi connectivity index (χ0v) is 14.8. The molecule has 0 aliphatic heterocycles. The Labute approximate surface area is 156 Å². The fourth-order valence-corrected chi connectivity index (χ4v) is 2.75. The summed E-state index contributed by atoms with van der Waals surface area (Å²) >= 11 is 0. The van der Waals surface area contributed by atoms with E-state index in [-0.39, 0.29) is 5.91 Å². The van der Waals surface area contributed by atoms with Crippen LogP contribution >= 0.6 is 0 Å². The SMILES string of the molecule is CN(Cc1cnn(-c2ccccc2)c1)C(=O)c1cnn(-c2ccccc2)n1. The lowest BCUT2D eigenvalue weighted by Gasteiger charge is -2.14. The molecule has 1 amide bonds. The van der Waals surface area contributed by atoms with Gasteiger partial charge in [-0.1, -0.05) is 36.4 Å². The van der Waals surface area contributed by atoms with Crippen molar-refractivity contribution in [1.82, 2.24) is 29.7 Å². The standard InChI is InChI=1S/C20H18N6O/c1-24(14-16-12-21-25(15-16)17-8-4-2-5-9-17)20(27)19-13-22-26(23-19)18-10-6-3-7-11-18/h2-13,15H,14H2,1H3. The molecule has 0 N–H and O–H groups in total. The molecule has 2 aromatic heterocycles. The molecule has 0 fully saturated rings. The maximum absolute atomic E-state index is 12.7. The first kappa shape index (κ1) is 16.7. The van der Waals surface area contributed by atoms with Gasteiger partial charge in [-0.2, -0.15) is 15.0 Å². The number of hydrogen-bond acceptors (Lipinski definition) is 4. The molecule has 0 saturated carbocycles. The van der Waals surface area contributed by atoms with Crippen LogP contribution in [0.5, 0.6) is 0 Å². The Bertz CT molecular complexity index is 1040. The molecule has 0 radical (unpaired) electrons. The molecule has 0 aliphatic rings. The second kappa shape index (κ2) is 7.25. The van der Waals surface area contributed by atoms with Crippen molar-refractivity contribution in [3.05, 3.63) is 90.5 Å².